The second-order valence-electron chi connectivity index (χ2n) is 3.05. The van der Waals surface area contributed by atoms with E-state index >= 15 is 0 Å². The average Bonchev–Trinajstić information content (AvgIpc) is 2.67. The van der Waals surface area contributed by atoms with Crippen molar-refractivity contribution in [2.75, 3.05) is 13.2 Å². The fourth-order valence-corrected chi connectivity index (χ4v) is 1.31. The van der Waals surface area contributed by atoms with Crippen molar-refractivity contribution in [3.8, 4) is 0 Å². The van der Waals surface area contributed by atoms with E-state index in [0.717, 1.165) is 5.57 Å². The van der Waals surface area contributed by atoms with E-state index in [0.29, 0.717) is 19.6 Å². The van der Waals surface area contributed by atoms with Crippen LogP contribution in [-0.2, 0) is 14.3 Å². The molecule has 1 heterocycles. The van der Waals surface area contributed by atoms with Crippen LogP contribution in [0.25, 0.3) is 0 Å². The van der Waals surface area contributed by atoms with Gasteiger partial charge in [0.2, 0.25) is 6.29 Å². The molecule has 0 amide bonds. The largest absolute Gasteiger partial charge is 0.344 e. The van der Waals surface area contributed by atoms with Gasteiger partial charge in [0.1, 0.15) is 0 Å². The molecule has 3 nitrogen and oxygen atoms in total. The quantitative estimate of drug-likeness (QED) is 0.727. The van der Waals surface area contributed by atoms with E-state index in [1.165, 1.54) is 0 Å². The molecular weight excluding hydrogens is 248 g/mol. The first-order chi connectivity index (χ1) is 6.74. The molecule has 0 aromatic heterocycles. The van der Waals surface area contributed by atoms with Gasteiger partial charge in [-0.25, -0.2) is 0 Å². The maximum Gasteiger partial charge on any atom is 0.218 e. The van der Waals surface area contributed by atoms with Gasteiger partial charge in [-0.05, 0) is 11.9 Å². The Morgan fingerprint density at radius 2 is 2.14 bits per heavy atom. The number of ether oxygens (including phenoxy) is 2. The Morgan fingerprint density at radius 3 is 2.71 bits per heavy atom. The molecule has 0 aromatic carbocycles. The third kappa shape index (κ3) is 3.74. The number of hydrogen-bond donors (Lipinski definition) is 0. The standard InChI is InChI=1S/C10H13BrO3/c1-8(3-2-4-11)7-9(12)10-13-5-6-14-10/h2-4,10H,5-7H2,1H3. The van der Waals surface area contributed by atoms with Gasteiger partial charge in [0.15, 0.2) is 5.78 Å². The van der Waals surface area contributed by atoms with E-state index in [-0.39, 0.29) is 5.78 Å². The second kappa shape index (κ2) is 6.11. The number of carbonyl (C=O) groups is 1. The van der Waals surface area contributed by atoms with E-state index in [4.69, 9.17) is 9.47 Å². The molecule has 78 valence electrons. The molecule has 1 saturated heterocycles. The number of carbonyl (C=O) groups excluding carboxylic acids is 1. The number of halogens is 1. The number of allylic oxidation sites excluding steroid dienone is 3. The van der Waals surface area contributed by atoms with Gasteiger partial charge in [-0.1, -0.05) is 33.7 Å². The molecule has 0 N–H and O–H groups in total. The van der Waals surface area contributed by atoms with Crippen molar-refractivity contribution < 1.29 is 14.3 Å². The zero-order valence-electron chi connectivity index (χ0n) is 8.03. The molecule has 1 rings (SSSR count). The average molecular weight is 261 g/mol. The van der Waals surface area contributed by atoms with Crippen molar-refractivity contribution in [1.82, 2.24) is 0 Å². The molecule has 1 aliphatic rings. The molecule has 0 spiro atoms. The highest BCUT2D eigenvalue weighted by atomic mass is 79.9. The molecule has 0 bridgehead atoms. The van der Waals surface area contributed by atoms with Crippen LogP contribution in [0.3, 0.4) is 0 Å². The van der Waals surface area contributed by atoms with Crippen LogP contribution in [0.4, 0.5) is 0 Å². The highest BCUT2D eigenvalue weighted by Gasteiger charge is 2.23. The Balaban J connectivity index is 2.39. The smallest absolute Gasteiger partial charge is 0.218 e. The Kier molecular flexibility index (Phi) is 5.07. The second-order valence-corrected chi connectivity index (χ2v) is 3.58. The summed E-state index contributed by atoms with van der Waals surface area (Å²) in [7, 11) is 0. The molecule has 0 radical (unpaired) electrons. The third-order valence-corrected chi connectivity index (χ3v) is 2.10. The van der Waals surface area contributed by atoms with Crippen LogP contribution in [0.15, 0.2) is 22.7 Å². The van der Waals surface area contributed by atoms with Gasteiger partial charge in [0.25, 0.3) is 0 Å². The third-order valence-electron chi connectivity index (χ3n) is 1.79. The van der Waals surface area contributed by atoms with Crippen LogP contribution in [0, 0.1) is 0 Å². The summed E-state index contributed by atoms with van der Waals surface area (Å²) in [6, 6.07) is 0. The predicted molar refractivity (Wildman–Crippen MR) is 57.1 cm³/mol. The first-order valence-corrected chi connectivity index (χ1v) is 5.34. The fourth-order valence-electron chi connectivity index (χ4n) is 1.16. The summed E-state index contributed by atoms with van der Waals surface area (Å²) in [5, 5.41) is 0. The molecule has 4 heteroatoms. The van der Waals surface area contributed by atoms with Gasteiger partial charge in [-0.3, -0.25) is 4.79 Å². The number of hydrogen-bond acceptors (Lipinski definition) is 3. The zero-order valence-corrected chi connectivity index (χ0v) is 9.62. The summed E-state index contributed by atoms with van der Waals surface area (Å²) < 4.78 is 10.2. The van der Waals surface area contributed by atoms with Crippen LogP contribution in [0.2, 0.25) is 0 Å². The molecule has 1 aliphatic heterocycles. The molecule has 0 aromatic rings. The number of Topliss-reactive ketones (excluding diaryl/α,β-unsaturated/α-hetero) is 1. The lowest BCUT2D eigenvalue weighted by Gasteiger charge is -2.06. The summed E-state index contributed by atoms with van der Waals surface area (Å²) in [5.41, 5.74) is 0.991. The predicted octanol–water partition coefficient (Wildman–Crippen LogP) is 2.17. The minimum atomic E-state index is -0.647. The lowest BCUT2D eigenvalue weighted by Crippen LogP contribution is -2.21. The Morgan fingerprint density at radius 1 is 1.50 bits per heavy atom. The van der Waals surface area contributed by atoms with Crippen molar-refractivity contribution in [3.05, 3.63) is 22.7 Å². The molecule has 1 fully saturated rings. The van der Waals surface area contributed by atoms with Gasteiger partial charge in [-0.15, -0.1) is 0 Å². The monoisotopic (exact) mass is 260 g/mol. The highest BCUT2D eigenvalue weighted by Crippen LogP contribution is 2.11. The fraction of sp³-hybridized carbons (Fsp3) is 0.500. The lowest BCUT2D eigenvalue weighted by atomic mass is 10.1. The molecule has 0 atom stereocenters. The summed E-state index contributed by atoms with van der Waals surface area (Å²) in [5.74, 6) is -0.0146. The summed E-state index contributed by atoms with van der Waals surface area (Å²) in [4.78, 5) is 13.2. The van der Waals surface area contributed by atoms with Crippen molar-refractivity contribution >= 4 is 21.7 Å². The van der Waals surface area contributed by atoms with Crippen molar-refractivity contribution in [1.29, 1.82) is 0 Å². The number of ketones is 1. The lowest BCUT2D eigenvalue weighted by molar-refractivity contribution is -0.143. The first kappa shape index (κ1) is 11.6. The first-order valence-electron chi connectivity index (χ1n) is 4.42. The topological polar surface area (TPSA) is 35.5 Å². The van der Waals surface area contributed by atoms with E-state index < -0.39 is 6.29 Å². The number of rotatable bonds is 4. The van der Waals surface area contributed by atoms with E-state index in [1.54, 1.807) is 4.99 Å². The summed E-state index contributed by atoms with van der Waals surface area (Å²) in [6.45, 7) is 2.93. The van der Waals surface area contributed by atoms with Gasteiger partial charge in [-0.2, -0.15) is 0 Å². The van der Waals surface area contributed by atoms with Crippen LogP contribution in [0.5, 0.6) is 0 Å². The van der Waals surface area contributed by atoms with Crippen LogP contribution >= 0.6 is 15.9 Å². The molecule has 0 unspecified atom stereocenters. The SMILES string of the molecule is CC(=CC=CBr)CC(=O)C1OCCO1. The van der Waals surface area contributed by atoms with E-state index in [2.05, 4.69) is 15.9 Å². The van der Waals surface area contributed by atoms with E-state index in [1.807, 2.05) is 19.1 Å². The van der Waals surface area contributed by atoms with Gasteiger partial charge in [0, 0.05) is 6.42 Å². The summed E-state index contributed by atoms with van der Waals surface area (Å²) >= 11 is 3.15. The van der Waals surface area contributed by atoms with Crippen LogP contribution < -0.4 is 0 Å². The highest BCUT2D eigenvalue weighted by molar-refractivity contribution is 9.11. The maximum absolute atomic E-state index is 11.5. The van der Waals surface area contributed by atoms with Crippen LogP contribution in [-0.4, -0.2) is 25.3 Å². The van der Waals surface area contributed by atoms with Gasteiger partial charge < -0.3 is 9.47 Å². The Bertz CT molecular complexity index is 252. The molecule has 0 saturated carbocycles. The normalized spacial score (nSPS) is 19.4. The van der Waals surface area contributed by atoms with Gasteiger partial charge >= 0.3 is 0 Å². The van der Waals surface area contributed by atoms with E-state index in [9.17, 15) is 4.79 Å². The van der Waals surface area contributed by atoms with Crippen molar-refractivity contribution in [2.45, 2.75) is 19.6 Å². The zero-order chi connectivity index (χ0) is 10.4. The Labute approximate surface area is 91.9 Å². The minimum Gasteiger partial charge on any atom is -0.344 e. The van der Waals surface area contributed by atoms with Crippen LogP contribution in [0.1, 0.15) is 13.3 Å². The summed E-state index contributed by atoms with van der Waals surface area (Å²) in [6.07, 6.45) is 3.44. The molecule has 0 aliphatic carbocycles. The van der Waals surface area contributed by atoms with Crippen molar-refractivity contribution in [3.63, 3.8) is 0 Å². The molecule has 14 heavy (non-hydrogen) atoms. The van der Waals surface area contributed by atoms with Gasteiger partial charge in [0.05, 0.1) is 13.2 Å². The Hall–Kier alpha value is -0.450. The molecular formula is C10H13BrO3. The minimum absolute atomic E-state index is 0.0146. The maximum atomic E-state index is 11.5. The van der Waals surface area contributed by atoms with Crippen molar-refractivity contribution in [2.24, 2.45) is 0 Å².